The van der Waals surface area contributed by atoms with E-state index in [1.807, 2.05) is 0 Å². The van der Waals surface area contributed by atoms with E-state index in [4.69, 9.17) is 11.0 Å². The number of anilines is 2. The lowest BCUT2D eigenvalue weighted by molar-refractivity contribution is 0.233. The number of aromatic nitrogens is 1. The average Bonchev–Trinajstić information content (AvgIpc) is 2.33. The molecule has 17 heavy (non-hydrogen) atoms. The van der Waals surface area contributed by atoms with Crippen molar-refractivity contribution in [3.05, 3.63) is 17.8 Å². The lowest BCUT2D eigenvalue weighted by Gasteiger charge is -2.38. The van der Waals surface area contributed by atoms with Crippen molar-refractivity contribution in [2.24, 2.45) is 0 Å². The zero-order valence-electron chi connectivity index (χ0n) is 10.2. The second-order valence-corrected chi connectivity index (χ2v) is 4.48. The van der Waals surface area contributed by atoms with Gasteiger partial charge < -0.3 is 15.5 Å². The van der Waals surface area contributed by atoms with Crippen LogP contribution < -0.4 is 10.6 Å². The van der Waals surface area contributed by atoms with Crippen molar-refractivity contribution in [2.75, 3.05) is 37.3 Å². The summed E-state index contributed by atoms with van der Waals surface area (Å²) in [5, 5.41) is 8.95. The average molecular weight is 231 g/mol. The summed E-state index contributed by atoms with van der Waals surface area (Å²) < 4.78 is 0. The van der Waals surface area contributed by atoms with Crippen LogP contribution in [0.2, 0.25) is 0 Å². The minimum atomic E-state index is 0.468. The molecule has 1 fully saturated rings. The van der Waals surface area contributed by atoms with Gasteiger partial charge in [0, 0.05) is 31.9 Å². The van der Waals surface area contributed by atoms with Gasteiger partial charge in [-0.1, -0.05) is 0 Å². The van der Waals surface area contributed by atoms with E-state index in [0.29, 0.717) is 17.3 Å². The predicted molar refractivity (Wildman–Crippen MR) is 67.7 cm³/mol. The molecule has 0 spiro atoms. The molecular weight excluding hydrogens is 214 g/mol. The fourth-order valence-corrected chi connectivity index (χ4v) is 2.05. The minimum absolute atomic E-state index is 0.468. The van der Waals surface area contributed by atoms with Gasteiger partial charge in [0.15, 0.2) is 5.82 Å². The van der Waals surface area contributed by atoms with E-state index in [0.717, 1.165) is 25.5 Å². The lowest BCUT2D eigenvalue weighted by Crippen LogP contribution is -2.50. The number of hydrogen-bond donors (Lipinski definition) is 1. The van der Waals surface area contributed by atoms with Crippen molar-refractivity contribution < 1.29 is 0 Å². The highest BCUT2D eigenvalue weighted by atomic mass is 15.3. The third kappa shape index (κ3) is 2.17. The van der Waals surface area contributed by atoms with Gasteiger partial charge in [-0.3, -0.25) is 0 Å². The molecule has 0 amide bonds. The quantitative estimate of drug-likeness (QED) is 0.769. The fourth-order valence-electron chi connectivity index (χ4n) is 2.05. The summed E-state index contributed by atoms with van der Waals surface area (Å²) >= 11 is 0. The molecule has 0 radical (unpaired) electrons. The first-order valence-corrected chi connectivity index (χ1v) is 5.73. The summed E-state index contributed by atoms with van der Waals surface area (Å²) in [5.41, 5.74) is 6.96. The number of nitriles is 1. The molecule has 2 N–H and O–H groups in total. The van der Waals surface area contributed by atoms with Gasteiger partial charge in [-0.2, -0.15) is 5.26 Å². The van der Waals surface area contributed by atoms with E-state index >= 15 is 0 Å². The van der Waals surface area contributed by atoms with Gasteiger partial charge in [0.2, 0.25) is 0 Å². The molecule has 1 saturated heterocycles. The Kier molecular flexibility index (Phi) is 3.16. The van der Waals surface area contributed by atoms with Crippen LogP contribution in [-0.4, -0.2) is 42.6 Å². The highest BCUT2D eigenvalue weighted by molar-refractivity contribution is 5.70. The molecular formula is C12H17N5. The number of nitrogens with two attached hydrogens (primary N) is 1. The molecule has 0 aromatic carbocycles. The van der Waals surface area contributed by atoms with Gasteiger partial charge in [-0.05, 0) is 20.0 Å². The molecule has 5 nitrogen and oxygen atoms in total. The first-order chi connectivity index (χ1) is 8.13. The number of rotatable bonds is 1. The first kappa shape index (κ1) is 11.7. The van der Waals surface area contributed by atoms with Crippen LogP contribution in [0.5, 0.6) is 0 Å². The topological polar surface area (TPSA) is 69.2 Å². The highest BCUT2D eigenvalue weighted by Gasteiger charge is 2.23. The summed E-state index contributed by atoms with van der Waals surface area (Å²) in [6.45, 7) is 4.95. The van der Waals surface area contributed by atoms with E-state index in [1.54, 1.807) is 12.3 Å². The molecule has 1 unspecified atom stereocenters. The fraction of sp³-hybridized carbons (Fsp3) is 0.500. The van der Waals surface area contributed by atoms with E-state index in [9.17, 15) is 0 Å². The zero-order valence-corrected chi connectivity index (χ0v) is 10.2. The summed E-state index contributed by atoms with van der Waals surface area (Å²) in [5.74, 6) is 0.740. The van der Waals surface area contributed by atoms with Crippen molar-refractivity contribution in [3.63, 3.8) is 0 Å². The second kappa shape index (κ2) is 4.60. The van der Waals surface area contributed by atoms with E-state index in [1.165, 1.54) is 0 Å². The largest absolute Gasteiger partial charge is 0.395 e. The summed E-state index contributed by atoms with van der Waals surface area (Å²) in [7, 11) is 2.12. The van der Waals surface area contributed by atoms with Crippen LogP contribution in [0.4, 0.5) is 11.5 Å². The normalized spacial score (nSPS) is 21.2. The Morgan fingerprint density at radius 2 is 2.29 bits per heavy atom. The maximum absolute atomic E-state index is 8.95. The molecule has 2 rings (SSSR count). The minimum Gasteiger partial charge on any atom is -0.395 e. The maximum Gasteiger partial charge on any atom is 0.153 e. The van der Waals surface area contributed by atoms with E-state index in [-0.39, 0.29) is 0 Å². The molecule has 1 aromatic rings. The van der Waals surface area contributed by atoms with Gasteiger partial charge in [0.05, 0.1) is 11.3 Å². The zero-order chi connectivity index (χ0) is 12.4. The van der Waals surface area contributed by atoms with Crippen molar-refractivity contribution >= 4 is 11.5 Å². The summed E-state index contributed by atoms with van der Waals surface area (Å²) in [6, 6.07) is 4.21. The van der Waals surface area contributed by atoms with Gasteiger partial charge in [0.25, 0.3) is 0 Å². The number of hydrogen-bond acceptors (Lipinski definition) is 5. The molecule has 5 heteroatoms. The van der Waals surface area contributed by atoms with Gasteiger partial charge >= 0.3 is 0 Å². The molecule has 0 aliphatic carbocycles. The monoisotopic (exact) mass is 231 g/mol. The number of likely N-dealkylation sites (N-methyl/N-ethyl adjacent to an activating group) is 1. The van der Waals surface area contributed by atoms with Gasteiger partial charge in [-0.15, -0.1) is 0 Å². The maximum atomic E-state index is 8.95. The Labute approximate surface area is 101 Å². The van der Waals surface area contributed by atoms with Crippen molar-refractivity contribution in [2.45, 2.75) is 13.0 Å². The van der Waals surface area contributed by atoms with Gasteiger partial charge in [0.1, 0.15) is 6.07 Å². The molecule has 1 aromatic heterocycles. The number of piperazine rings is 1. The molecule has 0 saturated carbocycles. The Morgan fingerprint density at radius 3 is 2.94 bits per heavy atom. The number of nitrogens with zero attached hydrogens (tertiary/aromatic N) is 4. The highest BCUT2D eigenvalue weighted by Crippen LogP contribution is 2.25. The molecule has 1 aliphatic rings. The molecule has 2 heterocycles. The second-order valence-electron chi connectivity index (χ2n) is 4.48. The standard InChI is InChI=1S/C12H17N5/c1-9-8-17(6-5-16(9)2)12-11(14)10(7-13)3-4-15-12/h3-4,9H,5-6,8,14H2,1-2H3. The summed E-state index contributed by atoms with van der Waals surface area (Å²) in [6.07, 6.45) is 1.65. The Balaban J connectivity index is 2.27. The Morgan fingerprint density at radius 1 is 1.53 bits per heavy atom. The lowest BCUT2D eigenvalue weighted by atomic mass is 10.1. The SMILES string of the molecule is CC1CN(c2nccc(C#N)c2N)CCN1C. The van der Waals surface area contributed by atoms with Crippen molar-refractivity contribution in [3.8, 4) is 6.07 Å². The van der Waals surface area contributed by atoms with Crippen LogP contribution in [0.15, 0.2) is 12.3 Å². The molecule has 1 atom stereocenters. The smallest absolute Gasteiger partial charge is 0.153 e. The third-order valence-electron chi connectivity index (χ3n) is 3.35. The predicted octanol–water partition coefficient (Wildman–Crippen LogP) is 0.676. The third-order valence-corrected chi connectivity index (χ3v) is 3.35. The van der Waals surface area contributed by atoms with Crippen LogP contribution in [0, 0.1) is 11.3 Å². The van der Waals surface area contributed by atoms with Crippen LogP contribution in [-0.2, 0) is 0 Å². The number of nitrogen functional groups attached to an aromatic ring is 1. The van der Waals surface area contributed by atoms with Crippen LogP contribution in [0.3, 0.4) is 0 Å². The number of pyridine rings is 1. The molecule has 90 valence electrons. The van der Waals surface area contributed by atoms with Crippen LogP contribution in [0.1, 0.15) is 12.5 Å². The van der Waals surface area contributed by atoms with Crippen LogP contribution >= 0.6 is 0 Å². The van der Waals surface area contributed by atoms with Crippen molar-refractivity contribution in [1.29, 1.82) is 5.26 Å². The van der Waals surface area contributed by atoms with Crippen molar-refractivity contribution in [1.82, 2.24) is 9.88 Å². The Bertz CT molecular complexity index is 451. The summed E-state index contributed by atoms with van der Waals surface area (Å²) in [4.78, 5) is 8.76. The molecule has 0 bridgehead atoms. The Hall–Kier alpha value is -1.80. The van der Waals surface area contributed by atoms with E-state index < -0.39 is 0 Å². The van der Waals surface area contributed by atoms with Crippen LogP contribution in [0.25, 0.3) is 0 Å². The first-order valence-electron chi connectivity index (χ1n) is 5.73. The van der Waals surface area contributed by atoms with E-state index in [2.05, 4.69) is 34.8 Å². The van der Waals surface area contributed by atoms with Gasteiger partial charge in [-0.25, -0.2) is 4.98 Å². The molecule has 1 aliphatic heterocycles.